The molecule has 0 spiro atoms. The second-order valence-corrected chi connectivity index (χ2v) is 1.15. The van der Waals surface area contributed by atoms with E-state index in [0.717, 1.165) is 0 Å². The van der Waals surface area contributed by atoms with Crippen molar-refractivity contribution in [2.45, 2.75) is 6.42 Å². The van der Waals surface area contributed by atoms with Crippen LogP contribution in [0.25, 0.3) is 0 Å². The smallest absolute Gasteiger partial charge is 0.228 e. The lowest BCUT2D eigenvalue weighted by molar-refractivity contribution is -0.116. The van der Waals surface area contributed by atoms with E-state index in [1.54, 1.807) is 0 Å². The highest BCUT2D eigenvalue weighted by Crippen LogP contribution is 1.80. The van der Waals surface area contributed by atoms with Gasteiger partial charge in [-0.3, -0.25) is 4.79 Å². The molecule has 2 nitrogen and oxygen atoms in total. The first-order valence-electron chi connectivity index (χ1n) is 1.39. The number of rotatable bonds is 2. The number of carbonyl (C=O) groups excluding carboxylic acids is 2. The number of aldehydes is 1. The molecule has 0 saturated heterocycles. The van der Waals surface area contributed by atoms with Gasteiger partial charge in [0.15, 0.2) is 0 Å². The van der Waals surface area contributed by atoms with Crippen LogP contribution >= 0.6 is 11.6 Å². The lowest BCUT2D eigenvalue weighted by Crippen LogP contribution is -1.83. The molecule has 3 heteroatoms. The van der Waals surface area contributed by atoms with Crippen LogP contribution in [0.3, 0.4) is 0 Å². The molecule has 0 saturated carbocycles. The number of hydrogen-bond acceptors (Lipinski definition) is 2. The normalized spacial score (nSPS) is 7.50. The molecule has 34 valence electrons. The van der Waals surface area contributed by atoms with E-state index in [-0.39, 0.29) is 6.42 Å². The van der Waals surface area contributed by atoms with Crippen LogP contribution in [0.15, 0.2) is 0 Å². The molecular weight excluding hydrogens is 103 g/mol. The van der Waals surface area contributed by atoms with Crippen LogP contribution in [0.2, 0.25) is 0 Å². The van der Waals surface area contributed by atoms with Crippen molar-refractivity contribution in [3.8, 4) is 0 Å². The Labute approximate surface area is 40.1 Å². The average Bonchev–Trinajstić information content (AvgIpc) is 1.35. The summed E-state index contributed by atoms with van der Waals surface area (Å²) in [5.74, 6) is 0. The van der Waals surface area contributed by atoms with Crippen molar-refractivity contribution in [1.29, 1.82) is 0 Å². The van der Waals surface area contributed by atoms with E-state index in [1.807, 2.05) is 0 Å². The van der Waals surface area contributed by atoms with Crippen LogP contribution in [-0.4, -0.2) is 11.5 Å². The minimum absolute atomic E-state index is 0.179. The van der Waals surface area contributed by atoms with Crippen LogP contribution in [0.1, 0.15) is 6.42 Å². The summed E-state index contributed by atoms with van der Waals surface area (Å²) in [6.45, 7) is 0. The van der Waals surface area contributed by atoms with Gasteiger partial charge in [-0.15, -0.1) is 0 Å². The Morgan fingerprint density at radius 3 is 2.33 bits per heavy atom. The Bertz CT molecular complexity index is 69.2. The molecule has 0 aromatic heterocycles. The highest BCUT2D eigenvalue weighted by Gasteiger charge is 1.87. The fourth-order valence-electron chi connectivity index (χ4n) is 0.0655. The molecular formula is C3H3ClO2. The molecule has 0 aromatic carbocycles. The van der Waals surface area contributed by atoms with Gasteiger partial charge in [-0.05, 0) is 11.6 Å². The summed E-state index contributed by atoms with van der Waals surface area (Å²) in [6, 6.07) is 0. The van der Waals surface area contributed by atoms with Gasteiger partial charge >= 0.3 is 0 Å². The van der Waals surface area contributed by atoms with Gasteiger partial charge in [-0.2, -0.15) is 0 Å². The molecule has 0 bridgehead atoms. The van der Waals surface area contributed by atoms with Gasteiger partial charge in [-0.25, -0.2) is 0 Å². The van der Waals surface area contributed by atoms with E-state index < -0.39 is 5.24 Å². The van der Waals surface area contributed by atoms with Crippen molar-refractivity contribution in [3.63, 3.8) is 0 Å². The maximum absolute atomic E-state index is 9.58. The lowest BCUT2D eigenvalue weighted by atomic mass is 10.5. The molecule has 0 aliphatic heterocycles. The molecule has 0 aliphatic carbocycles. The van der Waals surface area contributed by atoms with Gasteiger partial charge in [-0.1, -0.05) is 0 Å². The van der Waals surface area contributed by atoms with Gasteiger partial charge in [0, 0.05) is 0 Å². The lowest BCUT2D eigenvalue weighted by Gasteiger charge is -1.68. The molecule has 0 aliphatic rings. The summed E-state index contributed by atoms with van der Waals surface area (Å²) < 4.78 is 0. The third kappa shape index (κ3) is 3.63. The third-order valence-electron chi connectivity index (χ3n) is 0.244. The van der Waals surface area contributed by atoms with Crippen molar-refractivity contribution < 1.29 is 9.59 Å². The van der Waals surface area contributed by atoms with Crippen LogP contribution in [0.4, 0.5) is 0 Å². The van der Waals surface area contributed by atoms with Crippen LogP contribution in [-0.2, 0) is 9.59 Å². The highest BCUT2D eigenvalue weighted by atomic mass is 35.5. The zero-order chi connectivity index (χ0) is 4.99. The highest BCUT2D eigenvalue weighted by molar-refractivity contribution is 6.64. The molecule has 0 unspecified atom stereocenters. The summed E-state index contributed by atoms with van der Waals surface area (Å²) in [7, 11) is 0. The largest absolute Gasteiger partial charge is 0.303 e. The zero-order valence-electron chi connectivity index (χ0n) is 2.98. The predicted molar refractivity (Wildman–Crippen MR) is 21.5 cm³/mol. The summed E-state index contributed by atoms with van der Waals surface area (Å²) in [5, 5.41) is -0.606. The van der Waals surface area contributed by atoms with E-state index in [2.05, 4.69) is 0 Å². The molecule has 0 radical (unpaired) electrons. The van der Waals surface area contributed by atoms with E-state index in [4.69, 9.17) is 11.6 Å². The topological polar surface area (TPSA) is 34.1 Å². The minimum atomic E-state index is -0.606. The summed E-state index contributed by atoms with van der Waals surface area (Å²) in [6.07, 6.45) is 0.289. The predicted octanol–water partition coefficient (Wildman–Crippen LogP) is 0.341. The quantitative estimate of drug-likeness (QED) is 0.289. The molecule has 0 rings (SSSR count). The second kappa shape index (κ2) is 2.85. The van der Waals surface area contributed by atoms with E-state index in [1.165, 1.54) is 0 Å². The summed E-state index contributed by atoms with van der Waals surface area (Å²) in [4.78, 5) is 18.9. The van der Waals surface area contributed by atoms with Crippen LogP contribution in [0.5, 0.6) is 0 Å². The van der Waals surface area contributed by atoms with E-state index in [0.29, 0.717) is 6.29 Å². The molecule has 0 heterocycles. The monoisotopic (exact) mass is 106 g/mol. The van der Waals surface area contributed by atoms with Crippen molar-refractivity contribution in [1.82, 2.24) is 0 Å². The maximum Gasteiger partial charge on any atom is 0.228 e. The van der Waals surface area contributed by atoms with Gasteiger partial charge in [0.05, 0.1) is 6.42 Å². The molecule has 0 N–H and O–H groups in total. The first-order chi connectivity index (χ1) is 2.77. The van der Waals surface area contributed by atoms with Gasteiger partial charge in [0.2, 0.25) is 5.24 Å². The Kier molecular flexibility index (Phi) is 2.67. The molecule has 6 heavy (non-hydrogen) atoms. The van der Waals surface area contributed by atoms with E-state index >= 15 is 0 Å². The number of halogens is 1. The Morgan fingerprint density at radius 1 is 1.83 bits per heavy atom. The fourth-order valence-corrected chi connectivity index (χ4v) is 0.129. The first kappa shape index (κ1) is 5.63. The molecule has 0 fully saturated rings. The zero-order valence-corrected chi connectivity index (χ0v) is 3.73. The van der Waals surface area contributed by atoms with Crippen LogP contribution in [0, 0.1) is 0 Å². The van der Waals surface area contributed by atoms with Gasteiger partial charge < -0.3 is 4.79 Å². The van der Waals surface area contributed by atoms with Crippen molar-refractivity contribution in [3.05, 3.63) is 0 Å². The van der Waals surface area contributed by atoms with Crippen molar-refractivity contribution in [2.24, 2.45) is 0 Å². The van der Waals surface area contributed by atoms with Gasteiger partial charge in [0.25, 0.3) is 0 Å². The third-order valence-corrected chi connectivity index (χ3v) is 0.398. The fraction of sp³-hybridized carbons (Fsp3) is 0.333. The van der Waals surface area contributed by atoms with Crippen LogP contribution < -0.4 is 0 Å². The summed E-state index contributed by atoms with van der Waals surface area (Å²) in [5.41, 5.74) is 0. The van der Waals surface area contributed by atoms with Crippen molar-refractivity contribution in [2.75, 3.05) is 0 Å². The Balaban J connectivity index is 3.05. The number of hydrogen-bond donors (Lipinski definition) is 0. The Hall–Kier alpha value is -0.370. The van der Waals surface area contributed by atoms with Gasteiger partial charge in [0.1, 0.15) is 6.29 Å². The minimum Gasteiger partial charge on any atom is -0.303 e. The molecule has 0 atom stereocenters. The Morgan fingerprint density at radius 2 is 2.33 bits per heavy atom. The standard InChI is InChI=1S/C3H3ClO2/c4-3(6)1-2-5/h2H,1H2. The summed E-state index contributed by atoms with van der Waals surface area (Å²) >= 11 is 4.71. The average molecular weight is 107 g/mol. The first-order valence-corrected chi connectivity index (χ1v) is 1.77. The number of carbonyl (C=O) groups is 2. The van der Waals surface area contributed by atoms with Crippen molar-refractivity contribution >= 4 is 23.1 Å². The van der Waals surface area contributed by atoms with E-state index in [9.17, 15) is 9.59 Å². The SMILES string of the molecule is O=CCC(=O)Cl. The second-order valence-electron chi connectivity index (χ2n) is 0.726. The maximum atomic E-state index is 9.58. The molecule has 0 aromatic rings. The molecule has 0 amide bonds.